The summed E-state index contributed by atoms with van der Waals surface area (Å²) in [5.74, 6) is -0.779. The van der Waals surface area contributed by atoms with Crippen molar-refractivity contribution in [2.24, 2.45) is 0 Å². The first-order valence-electron chi connectivity index (χ1n) is 5.62. The first-order valence-corrected chi connectivity index (χ1v) is 6.70. The number of nitrogens with zero attached hydrogens (tertiary/aromatic N) is 1. The normalized spacial score (nSPS) is 15.9. The van der Waals surface area contributed by atoms with Gasteiger partial charge in [-0.2, -0.15) is 0 Å². The third-order valence-corrected chi connectivity index (χ3v) is 3.40. The van der Waals surface area contributed by atoms with Gasteiger partial charge in [-0.3, -0.25) is 4.79 Å². The topological polar surface area (TPSA) is 52.6 Å². The van der Waals surface area contributed by atoms with Crippen molar-refractivity contribution in [3.8, 4) is 0 Å². The molecule has 5 heteroatoms. The highest BCUT2D eigenvalue weighted by Crippen LogP contribution is 2.21. The second-order valence-electron chi connectivity index (χ2n) is 4.13. The number of halogens is 1. The molecule has 2 rings (SSSR count). The maximum Gasteiger partial charge on any atom is 0.307 e. The van der Waals surface area contributed by atoms with E-state index in [1.54, 1.807) is 0 Å². The minimum atomic E-state index is -0.779. The van der Waals surface area contributed by atoms with E-state index < -0.39 is 5.97 Å². The highest BCUT2D eigenvalue weighted by atomic mass is 127. The van der Waals surface area contributed by atoms with E-state index >= 15 is 0 Å². The monoisotopic (exact) mass is 346 g/mol. The summed E-state index contributed by atoms with van der Waals surface area (Å²) in [6.45, 7) is 3.93. The number of piperazine rings is 1. The van der Waals surface area contributed by atoms with Gasteiger partial charge >= 0.3 is 5.97 Å². The standard InChI is InChI=1S/C12H15IN2O2/c13-10-5-9(7-12(16)17)6-11(8-10)15-3-1-14-2-4-15/h5-6,8,14H,1-4,7H2,(H,16,17). The van der Waals surface area contributed by atoms with Crippen LogP contribution in [-0.2, 0) is 11.2 Å². The van der Waals surface area contributed by atoms with E-state index in [0.29, 0.717) is 0 Å². The molecule has 1 aromatic carbocycles. The van der Waals surface area contributed by atoms with E-state index in [0.717, 1.165) is 41.0 Å². The zero-order chi connectivity index (χ0) is 12.3. The number of carboxylic acid groups (broad SMARTS) is 1. The van der Waals surface area contributed by atoms with Gasteiger partial charge in [-0.15, -0.1) is 0 Å². The molecular weight excluding hydrogens is 331 g/mol. The molecule has 4 nitrogen and oxygen atoms in total. The van der Waals surface area contributed by atoms with Gasteiger partial charge in [-0.25, -0.2) is 0 Å². The van der Waals surface area contributed by atoms with Crippen LogP contribution in [0, 0.1) is 3.57 Å². The van der Waals surface area contributed by atoms with E-state index in [2.05, 4.69) is 38.9 Å². The van der Waals surface area contributed by atoms with Crippen LogP contribution in [0.3, 0.4) is 0 Å². The third-order valence-electron chi connectivity index (χ3n) is 2.78. The highest BCUT2D eigenvalue weighted by Gasteiger charge is 2.12. The molecule has 17 heavy (non-hydrogen) atoms. The summed E-state index contributed by atoms with van der Waals surface area (Å²) in [5.41, 5.74) is 2.01. The van der Waals surface area contributed by atoms with Crippen LogP contribution in [0.1, 0.15) is 5.56 Å². The summed E-state index contributed by atoms with van der Waals surface area (Å²) < 4.78 is 1.09. The Hall–Kier alpha value is -0.820. The van der Waals surface area contributed by atoms with Crippen molar-refractivity contribution in [2.75, 3.05) is 31.1 Å². The average Bonchev–Trinajstić information content (AvgIpc) is 2.28. The van der Waals surface area contributed by atoms with Gasteiger partial charge in [-0.1, -0.05) is 0 Å². The van der Waals surface area contributed by atoms with Crippen molar-refractivity contribution >= 4 is 34.2 Å². The molecule has 0 saturated carbocycles. The van der Waals surface area contributed by atoms with Gasteiger partial charge in [0.05, 0.1) is 6.42 Å². The van der Waals surface area contributed by atoms with Gasteiger partial charge in [0.25, 0.3) is 0 Å². The number of anilines is 1. The molecule has 0 unspecified atom stereocenters. The van der Waals surface area contributed by atoms with Crippen LogP contribution in [-0.4, -0.2) is 37.3 Å². The minimum Gasteiger partial charge on any atom is -0.481 e. The second kappa shape index (κ2) is 5.68. The largest absolute Gasteiger partial charge is 0.481 e. The predicted octanol–water partition coefficient (Wildman–Crippen LogP) is 1.33. The number of hydrogen-bond donors (Lipinski definition) is 2. The van der Waals surface area contributed by atoms with Crippen LogP contribution >= 0.6 is 22.6 Å². The Kier molecular flexibility index (Phi) is 4.22. The lowest BCUT2D eigenvalue weighted by Gasteiger charge is -2.30. The second-order valence-corrected chi connectivity index (χ2v) is 5.37. The molecule has 92 valence electrons. The number of carbonyl (C=O) groups is 1. The van der Waals surface area contributed by atoms with Crippen molar-refractivity contribution in [3.63, 3.8) is 0 Å². The van der Waals surface area contributed by atoms with Crippen molar-refractivity contribution in [3.05, 3.63) is 27.3 Å². The number of benzene rings is 1. The molecule has 0 spiro atoms. The number of rotatable bonds is 3. The molecule has 1 aromatic rings. The fourth-order valence-electron chi connectivity index (χ4n) is 2.02. The lowest BCUT2D eigenvalue weighted by atomic mass is 10.1. The first-order chi connectivity index (χ1) is 8.15. The lowest BCUT2D eigenvalue weighted by molar-refractivity contribution is -0.136. The van der Waals surface area contributed by atoms with Crippen molar-refractivity contribution in [1.82, 2.24) is 5.32 Å². The third kappa shape index (κ3) is 3.57. The van der Waals surface area contributed by atoms with Crippen LogP contribution in [0.2, 0.25) is 0 Å². The molecule has 1 aliphatic rings. The molecule has 0 amide bonds. The summed E-state index contributed by atoms with van der Waals surface area (Å²) in [4.78, 5) is 13.0. The Balaban J connectivity index is 2.20. The van der Waals surface area contributed by atoms with Crippen LogP contribution < -0.4 is 10.2 Å². The summed E-state index contributed by atoms with van der Waals surface area (Å²) in [5, 5.41) is 12.1. The van der Waals surface area contributed by atoms with Crippen molar-refractivity contribution < 1.29 is 9.90 Å². The molecule has 0 bridgehead atoms. The Labute approximate surface area is 114 Å². The maximum absolute atomic E-state index is 10.7. The lowest BCUT2D eigenvalue weighted by Crippen LogP contribution is -2.43. The van der Waals surface area contributed by atoms with Crippen molar-refractivity contribution in [1.29, 1.82) is 0 Å². The molecular formula is C12H15IN2O2. The summed E-state index contributed by atoms with van der Waals surface area (Å²) >= 11 is 2.24. The van der Waals surface area contributed by atoms with Gasteiger partial charge < -0.3 is 15.3 Å². The van der Waals surface area contributed by atoms with E-state index in [1.165, 1.54) is 0 Å². The Morgan fingerprint density at radius 1 is 1.35 bits per heavy atom. The van der Waals surface area contributed by atoms with Gasteiger partial charge in [-0.05, 0) is 46.4 Å². The number of hydrogen-bond acceptors (Lipinski definition) is 3. The molecule has 0 aliphatic carbocycles. The van der Waals surface area contributed by atoms with Gasteiger partial charge in [0.2, 0.25) is 0 Å². The van der Waals surface area contributed by atoms with Gasteiger partial charge in [0.15, 0.2) is 0 Å². The fraction of sp³-hybridized carbons (Fsp3) is 0.417. The molecule has 2 N–H and O–H groups in total. The highest BCUT2D eigenvalue weighted by molar-refractivity contribution is 14.1. The Bertz CT molecular complexity index is 417. The molecule has 0 radical (unpaired) electrons. The molecule has 1 heterocycles. The Morgan fingerprint density at radius 3 is 2.71 bits per heavy atom. The van der Waals surface area contributed by atoms with Gasteiger partial charge in [0.1, 0.15) is 0 Å². The first kappa shape index (κ1) is 12.6. The summed E-state index contributed by atoms with van der Waals surface area (Å²) in [7, 11) is 0. The molecule has 0 aromatic heterocycles. The smallest absolute Gasteiger partial charge is 0.307 e. The minimum absolute atomic E-state index is 0.0932. The quantitative estimate of drug-likeness (QED) is 0.811. The number of carboxylic acids is 1. The summed E-state index contributed by atoms with van der Waals surface area (Å²) in [6, 6.07) is 6.03. The fourth-order valence-corrected chi connectivity index (χ4v) is 2.73. The van der Waals surface area contributed by atoms with E-state index in [4.69, 9.17) is 5.11 Å². The van der Waals surface area contributed by atoms with Crippen molar-refractivity contribution in [2.45, 2.75) is 6.42 Å². The molecule has 0 atom stereocenters. The number of aliphatic carboxylic acids is 1. The molecule has 1 fully saturated rings. The zero-order valence-corrected chi connectivity index (χ0v) is 11.6. The van der Waals surface area contributed by atoms with E-state index in [1.807, 2.05) is 12.1 Å². The number of nitrogens with one attached hydrogen (secondary N) is 1. The Morgan fingerprint density at radius 2 is 2.06 bits per heavy atom. The maximum atomic E-state index is 10.7. The van der Waals surface area contributed by atoms with Crippen LogP contribution in [0.5, 0.6) is 0 Å². The predicted molar refractivity (Wildman–Crippen MR) is 75.6 cm³/mol. The van der Waals surface area contributed by atoms with Crippen LogP contribution in [0.25, 0.3) is 0 Å². The van der Waals surface area contributed by atoms with Gasteiger partial charge in [0, 0.05) is 35.4 Å². The average molecular weight is 346 g/mol. The van der Waals surface area contributed by atoms with E-state index in [9.17, 15) is 4.79 Å². The van der Waals surface area contributed by atoms with Crippen LogP contribution in [0.15, 0.2) is 18.2 Å². The zero-order valence-electron chi connectivity index (χ0n) is 9.45. The molecule has 1 aliphatic heterocycles. The SMILES string of the molecule is O=C(O)Cc1cc(I)cc(N2CCNCC2)c1. The van der Waals surface area contributed by atoms with Crippen LogP contribution in [0.4, 0.5) is 5.69 Å². The van der Waals surface area contributed by atoms with E-state index in [-0.39, 0.29) is 6.42 Å². The molecule has 1 saturated heterocycles. The summed E-state index contributed by atoms with van der Waals surface area (Å²) in [6.07, 6.45) is 0.0932.